The number of rotatable bonds is 8. The van der Waals surface area contributed by atoms with E-state index < -0.39 is 6.10 Å². The predicted molar refractivity (Wildman–Crippen MR) is 86.1 cm³/mol. The molecule has 120 valence electrons. The molecule has 0 fully saturated rings. The van der Waals surface area contributed by atoms with E-state index in [9.17, 15) is 5.11 Å². The molecule has 1 aromatic rings. The summed E-state index contributed by atoms with van der Waals surface area (Å²) in [7, 11) is 1.66. The van der Waals surface area contributed by atoms with Crippen molar-refractivity contribution in [3.63, 3.8) is 0 Å². The van der Waals surface area contributed by atoms with Crippen LogP contribution in [0.2, 0.25) is 0 Å². The summed E-state index contributed by atoms with van der Waals surface area (Å²) >= 11 is 0. The molecule has 21 heavy (non-hydrogen) atoms. The molecule has 0 saturated carbocycles. The first-order valence-electron chi connectivity index (χ1n) is 7.46. The molecule has 4 nitrogen and oxygen atoms in total. The highest BCUT2D eigenvalue weighted by atomic mass is 16.5. The average Bonchev–Trinajstić information content (AvgIpc) is 2.41. The second-order valence-corrected chi connectivity index (χ2v) is 6.39. The fourth-order valence-corrected chi connectivity index (χ4v) is 1.97. The summed E-state index contributed by atoms with van der Waals surface area (Å²) in [5, 5.41) is 13.0. The molecule has 0 aliphatic carbocycles. The van der Waals surface area contributed by atoms with Gasteiger partial charge in [0.25, 0.3) is 0 Å². The Hall–Kier alpha value is -1.10. The predicted octanol–water partition coefficient (Wildman–Crippen LogP) is 2.27. The molecule has 0 aromatic heterocycles. The van der Waals surface area contributed by atoms with Crippen LogP contribution in [0.1, 0.15) is 31.9 Å². The van der Waals surface area contributed by atoms with Gasteiger partial charge in [-0.1, -0.05) is 32.9 Å². The molecule has 0 spiro atoms. The number of hydrogen-bond donors (Lipinski definition) is 2. The molecule has 0 heterocycles. The number of nitrogens with one attached hydrogen (secondary N) is 1. The number of hydrogen-bond acceptors (Lipinski definition) is 4. The van der Waals surface area contributed by atoms with Gasteiger partial charge in [-0.15, -0.1) is 0 Å². The van der Waals surface area contributed by atoms with Crippen molar-refractivity contribution in [1.82, 2.24) is 5.32 Å². The van der Waals surface area contributed by atoms with E-state index in [0.29, 0.717) is 13.2 Å². The van der Waals surface area contributed by atoms with E-state index in [1.807, 2.05) is 13.0 Å². The van der Waals surface area contributed by atoms with E-state index in [0.717, 1.165) is 17.9 Å². The van der Waals surface area contributed by atoms with Gasteiger partial charge in [0.2, 0.25) is 0 Å². The maximum Gasteiger partial charge on any atom is 0.122 e. The van der Waals surface area contributed by atoms with Crippen LogP contribution in [0.15, 0.2) is 18.2 Å². The third kappa shape index (κ3) is 6.46. The third-order valence-electron chi connectivity index (χ3n) is 3.34. The zero-order valence-corrected chi connectivity index (χ0v) is 13.9. The van der Waals surface area contributed by atoms with Crippen LogP contribution in [0.25, 0.3) is 0 Å². The second kappa shape index (κ2) is 8.37. The lowest BCUT2D eigenvalue weighted by atomic mass is 9.86. The van der Waals surface area contributed by atoms with Crippen molar-refractivity contribution < 1.29 is 14.6 Å². The summed E-state index contributed by atoms with van der Waals surface area (Å²) in [5.74, 6) is 0.832. The lowest BCUT2D eigenvalue weighted by Crippen LogP contribution is -2.33. The second-order valence-electron chi connectivity index (χ2n) is 6.39. The third-order valence-corrected chi connectivity index (χ3v) is 3.34. The van der Waals surface area contributed by atoms with Crippen LogP contribution in [0.5, 0.6) is 5.75 Å². The van der Waals surface area contributed by atoms with Crippen molar-refractivity contribution in [3.8, 4) is 5.75 Å². The molecule has 1 atom stereocenters. The highest BCUT2D eigenvalue weighted by molar-refractivity contribution is 5.38. The molecule has 0 aliphatic heterocycles. The zero-order chi connectivity index (χ0) is 15.9. The minimum absolute atomic E-state index is 0.133. The molecule has 0 radical (unpaired) electrons. The SMILES string of the molecule is COCCNCC(O)COc1ccc(C(C)(C)C)cc1C. The number of methoxy groups -OCH3 is 1. The van der Waals surface area contributed by atoms with Gasteiger partial charge in [0, 0.05) is 20.2 Å². The Kier molecular flexibility index (Phi) is 7.15. The van der Waals surface area contributed by atoms with Crippen LogP contribution in [-0.2, 0) is 10.2 Å². The van der Waals surface area contributed by atoms with Crippen molar-refractivity contribution >= 4 is 0 Å². The number of aliphatic hydroxyl groups excluding tert-OH is 1. The van der Waals surface area contributed by atoms with E-state index in [-0.39, 0.29) is 12.0 Å². The van der Waals surface area contributed by atoms with E-state index >= 15 is 0 Å². The highest BCUT2D eigenvalue weighted by Crippen LogP contribution is 2.27. The number of aryl methyl sites for hydroxylation is 1. The van der Waals surface area contributed by atoms with Crippen LogP contribution in [0, 0.1) is 6.92 Å². The molecule has 1 unspecified atom stereocenters. The number of ether oxygens (including phenoxy) is 2. The van der Waals surface area contributed by atoms with Gasteiger partial charge in [-0.2, -0.15) is 0 Å². The average molecular weight is 295 g/mol. The number of aliphatic hydroxyl groups is 1. The Morgan fingerprint density at radius 3 is 2.57 bits per heavy atom. The summed E-state index contributed by atoms with van der Waals surface area (Å²) in [6.45, 7) is 10.8. The standard InChI is InChI=1S/C17H29NO3/c1-13-10-14(17(2,3)4)6-7-16(13)21-12-15(19)11-18-8-9-20-5/h6-7,10,15,18-19H,8-9,11-12H2,1-5H3. The Morgan fingerprint density at radius 2 is 2.00 bits per heavy atom. The van der Waals surface area contributed by atoms with Crippen LogP contribution in [0.3, 0.4) is 0 Å². The normalized spacial score (nSPS) is 13.2. The largest absolute Gasteiger partial charge is 0.491 e. The van der Waals surface area contributed by atoms with Crippen LogP contribution in [-0.4, -0.2) is 44.6 Å². The molecule has 2 N–H and O–H groups in total. The Balaban J connectivity index is 2.45. The summed E-state index contributed by atoms with van der Waals surface area (Å²) < 4.78 is 10.6. The minimum Gasteiger partial charge on any atom is -0.491 e. The smallest absolute Gasteiger partial charge is 0.122 e. The first-order valence-corrected chi connectivity index (χ1v) is 7.46. The molecule has 0 saturated heterocycles. The molecular formula is C17H29NO3. The van der Waals surface area contributed by atoms with Crippen molar-refractivity contribution in [2.75, 3.05) is 33.4 Å². The lowest BCUT2D eigenvalue weighted by Gasteiger charge is -2.21. The molecule has 1 rings (SSSR count). The van der Waals surface area contributed by atoms with Crippen LogP contribution < -0.4 is 10.1 Å². The summed E-state index contributed by atoms with van der Waals surface area (Å²) in [5.41, 5.74) is 2.52. The highest BCUT2D eigenvalue weighted by Gasteiger charge is 2.15. The van der Waals surface area contributed by atoms with E-state index in [4.69, 9.17) is 9.47 Å². The van der Waals surface area contributed by atoms with Gasteiger partial charge in [-0.25, -0.2) is 0 Å². The van der Waals surface area contributed by atoms with Gasteiger partial charge in [0.1, 0.15) is 18.5 Å². The Morgan fingerprint density at radius 1 is 1.29 bits per heavy atom. The molecule has 4 heteroatoms. The molecule has 0 amide bonds. The van der Waals surface area contributed by atoms with Crippen LogP contribution >= 0.6 is 0 Å². The first-order chi connectivity index (χ1) is 9.84. The summed E-state index contributed by atoms with van der Waals surface area (Å²) in [6, 6.07) is 6.23. The maximum atomic E-state index is 9.86. The van der Waals surface area contributed by atoms with E-state index in [2.05, 4.69) is 38.2 Å². The molecule has 0 bridgehead atoms. The summed E-state index contributed by atoms with van der Waals surface area (Å²) in [4.78, 5) is 0. The van der Waals surface area contributed by atoms with E-state index in [1.165, 1.54) is 5.56 Å². The first kappa shape index (κ1) is 18.0. The van der Waals surface area contributed by atoms with Crippen molar-refractivity contribution in [3.05, 3.63) is 29.3 Å². The van der Waals surface area contributed by atoms with E-state index in [1.54, 1.807) is 7.11 Å². The van der Waals surface area contributed by atoms with Gasteiger partial charge in [-0.3, -0.25) is 0 Å². The maximum absolute atomic E-state index is 9.86. The lowest BCUT2D eigenvalue weighted by molar-refractivity contribution is 0.103. The van der Waals surface area contributed by atoms with Crippen molar-refractivity contribution in [1.29, 1.82) is 0 Å². The fourth-order valence-electron chi connectivity index (χ4n) is 1.97. The topological polar surface area (TPSA) is 50.7 Å². The zero-order valence-electron chi connectivity index (χ0n) is 13.9. The van der Waals surface area contributed by atoms with Gasteiger partial charge < -0.3 is 19.9 Å². The van der Waals surface area contributed by atoms with Crippen molar-refractivity contribution in [2.45, 2.75) is 39.2 Å². The Labute approximate surface area is 128 Å². The molecular weight excluding hydrogens is 266 g/mol. The van der Waals surface area contributed by atoms with Gasteiger partial charge in [0.05, 0.1) is 6.61 Å². The van der Waals surface area contributed by atoms with Crippen LogP contribution in [0.4, 0.5) is 0 Å². The van der Waals surface area contributed by atoms with Gasteiger partial charge >= 0.3 is 0 Å². The minimum atomic E-state index is -0.524. The quantitative estimate of drug-likeness (QED) is 0.722. The monoisotopic (exact) mass is 295 g/mol. The Bertz CT molecular complexity index is 427. The molecule has 0 aliphatic rings. The fraction of sp³-hybridized carbons (Fsp3) is 0.647. The molecule has 1 aromatic carbocycles. The van der Waals surface area contributed by atoms with Crippen molar-refractivity contribution in [2.24, 2.45) is 0 Å². The number of benzene rings is 1. The van der Waals surface area contributed by atoms with Gasteiger partial charge in [-0.05, 0) is 29.5 Å². The summed E-state index contributed by atoms with van der Waals surface area (Å²) in [6.07, 6.45) is -0.524. The van der Waals surface area contributed by atoms with Gasteiger partial charge in [0.15, 0.2) is 0 Å².